The van der Waals surface area contributed by atoms with Gasteiger partial charge in [-0.2, -0.15) is 5.10 Å². The van der Waals surface area contributed by atoms with E-state index in [1.165, 1.54) is 0 Å². The summed E-state index contributed by atoms with van der Waals surface area (Å²) >= 11 is 5.87. The molecule has 3 N–H and O–H groups in total. The highest BCUT2D eigenvalue weighted by molar-refractivity contribution is 6.30. The molecule has 1 aromatic carbocycles. The number of anilines is 1. The second-order valence-corrected chi connectivity index (χ2v) is 3.99. The lowest BCUT2D eigenvalue weighted by molar-refractivity contribution is 0.210. The van der Waals surface area contributed by atoms with Crippen LogP contribution in [0.4, 0.5) is 5.69 Å². The Hall–Kier alpha value is -1.52. The molecule has 16 heavy (non-hydrogen) atoms. The molecule has 0 saturated carbocycles. The molecule has 0 bridgehead atoms. The van der Waals surface area contributed by atoms with Gasteiger partial charge in [0.1, 0.15) is 6.10 Å². The molecule has 0 aliphatic carbocycles. The first-order valence-corrected chi connectivity index (χ1v) is 5.18. The minimum absolute atomic E-state index is 0.512. The second kappa shape index (κ2) is 4.15. The Labute approximate surface area is 98.3 Å². The molecule has 0 radical (unpaired) electrons. The van der Waals surface area contributed by atoms with Gasteiger partial charge in [-0.3, -0.25) is 4.68 Å². The highest BCUT2D eigenvalue weighted by atomic mass is 35.5. The maximum absolute atomic E-state index is 10.2. The fraction of sp³-hybridized carbons (Fsp3) is 0.182. The first-order chi connectivity index (χ1) is 7.59. The van der Waals surface area contributed by atoms with Crippen molar-refractivity contribution in [2.45, 2.75) is 6.10 Å². The highest BCUT2D eigenvalue weighted by Crippen LogP contribution is 2.28. The number of aliphatic hydroxyl groups excluding tert-OH is 1. The summed E-state index contributed by atoms with van der Waals surface area (Å²) in [5, 5.41) is 14.7. The fourth-order valence-electron chi connectivity index (χ4n) is 1.59. The number of nitrogens with zero attached hydrogens (tertiary/aromatic N) is 2. The number of aliphatic hydroxyl groups is 1. The van der Waals surface area contributed by atoms with Crippen molar-refractivity contribution in [2.24, 2.45) is 7.05 Å². The maximum Gasteiger partial charge on any atom is 0.123 e. The number of hydrogen-bond donors (Lipinski definition) is 2. The van der Waals surface area contributed by atoms with E-state index >= 15 is 0 Å². The highest BCUT2D eigenvalue weighted by Gasteiger charge is 2.16. The molecule has 2 rings (SSSR count). The number of nitrogens with two attached hydrogens (primary N) is 1. The van der Waals surface area contributed by atoms with Crippen LogP contribution in [0.3, 0.4) is 0 Å². The summed E-state index contributed by atoms with van der Waals surface area (Å²) in [4.78, 5) is 0. The fourth-order valence-corrected chi connectivity index (χ4v) is 1.77. The van der Waals surface area contributed by atoms with Gasteiger partial charge in [0.05, 0.1) is 5.69 Å². The van der Waals surface area contributed by atoms with Crippen molar-refractivity contribution in [2.75, 3.05) is 5.73 Å². The zero-order valence-corrected chi connectivity index (χ0v) is 9.52. The molecule has 1 aromatic heterocycles. The number of benzene rings is 1. The Morgan fingerprint density at radius 1 is 1.44 bits per heavy atom. The van der Waals surface area contributed by atoms with Gasteiger partial charge in [-0.25, -0.2) is 0 Å². The van der Waals surface area contributed by atoms with E-state index < -0.39 is 6.10 Å². The van der Waals surface area contributed by atoms with E-state index in [0.717, 1.165) is 0 Å². The van der Waals surface area contributed by atoms with Crippen LogP contribution in [0.5, 0.6) is 0 Å². The lowest BCUT2D eigenvalue weighted by atomic mass is 10.0. The van der Waals surface area contributed by atoms with Crippen molar-refractivity contribution < 1.29 is 5.11 Å². The van der Waals surface area contributed by atoms with Crippen LogP contribution in [0.2, 0.25) is 5.02 Å². The predicted octanol–water partition coefficient (Wildman–Crippen LogP) is 1.74. The van der Waals surface area contributed by atoms with Crippen LogP contribution in [0.25, 0.3) is 0 Å². The molecule has 0 saturated heterocycles. The molecule has 0 amide bonds. The van der Waals surface area contributed by atoms with E-state index in [1.54, 1.807) is 42.2 Å². The average Bonchev–Trinajstić information content (AvgIpc) is 2.67. The average molecular weight is 238 g/mol. The maximum atomic E-state index is 10.2. The molecule has 0 aliphatic heterocycles. The Morgan fingerprint density at radius 3 is 2.81 bits per heavy atom. The molecule has 0 fully saturated rings. The third kappa shape index (κ3) is 1.89. The number of aryl methyl sites for hydroxylation is 1. The van der Waals surface area contributed by atoms with Gasteiger partial charge >= 0.3 is 0 Å². The Balaban J connectivity index is 2.45. The predicted molar refractivity (Wildman–Crippen MR) is 63.1 cm³/mol. The third-order valence-corrected chi connectivity index (χ3v) is 2.72. The van der Waals surface area contributed by atoms with Crippen molar-refractivity contribution in [3.63, 3.8) is 0 Å². The molecular formula is C11H12ClN3O. The smallest absolute Gasteiger partial charge is 0.123 e. The molecule has 4 nitrogen and oxygen atoms in total. The van der Waals surface area contributed by atoms with E-state index in [1.807, 2.05) is 0 Å². The summed E-state index contributed by atoms with van der Waals surface area (Å²) in [7, 11) is 1.76. The monoisotopic (exact) mass is 237 g/mol. The second-order valence-electron chi connectivity index (χ2n) is 3.56. The van der Waals surface area contributed by atoms with Gasteiger partial charge in [-0.15, -0.1) is 0 Å². The first-order valence-electron chi connectivity index (χ1n) is 4.80. The van der Waals surface area contributed by atoms with Gasteiger partial charge in [0.2, 0.25) is 0 Å². The Kier molecular flexibility index (Phi) is 2.85. The number of hydrogen-bond acceptors (Lipinski definition) is 3. The van der Waals surface area contributed by atoms with Crippen LogP contribution in [0, 0.1) is 0 Å². The van der Waals surface area contributed by atoms with Gasteiger partial charge in [-0.05, 0) is 24.3 Å². The van der Waals surface area contributed by atoms with E-state index in [2.05, 4.69) is 5.10 Å². The summed E-state index contributed by atoms with van der Waals surface area (Å²) in [5.74, 6) is 0. The Morgan fingerprint density at radius 2 is 2.19 bits per heavy atom. The van der Waals surface area contributed by atoms with Gasteiger partial charge in [0.15, 0.2) is 0 Å². The molecule has 1 unspecified atom stereocenters. The van der Waals surface area contributed by atoms with E-state index in [0.29, 0.717) is 22.0 Å². The van der Waals surface area contributed by atoms with E-state index in [4.69, 9.17) is 17.3 Å². The molecule has 1 atom stereocenters. The number of nitrogen functional groups attached to an aromatic ring is 1. The molecule has 84 valence electrons. The summed E-state index contributed by atoms with van der Waals surface area (Å²) in [6.45, 7) is 0. The zero-order chi connectivity index (χ0) is 11.7. The van der Waals surface area contributed by atoms with E-state index in [-0.39, 0.29) is 0 Å². The van der Waals surface area contributed by atoms with Gasteiger partial charge in [0, 0.05) is 29.5 Å². The van der Waals surface area contributed by atoms with Crippen LogP contribution in [0.1, 0.15) is 17.4 Å². The van der Waals surface area contributed by atoms with Gasteiger partial charge in [-0.1, -0.05) is 11.6 Å². The van der Waals surface area contributed by atoms with Crippen molar-refractivity contribution >= 4 is 17.3 Å². The summed E-state index contributed by atoms with van der Waals surface area (Å²) in [6, 6.07) is 6.77. The van der Waals surface area contributed by atoms with Crippen LogP contribution in [-0.2, 0) is 7.05 Å². The molecule has 1 heterocycles. The molecule has 0 spiro atoms. The van der Waals surface area contributed by atoms with Crippen molar-refractivity contribution in [1.29, 1.82) is 0 Å². The summed E-state index contributed by atoms with van der Waals surface area (Å²) < 4.78 is 1.60. The first kappa shape index (κ1) is 11.0. The van der Waals surface area contributed by atoms with Crippen molar-refractivity contribution in [1.82, 2.24) is 9.78 Å². The summed E-state index contributed by atoms with van der Waals surface area (Å²) in [6.07, 6.45) is 0.811. The number of aromatic nitrogens is 2. The minimum Gasteiger partial charge on any atom is -0.398 e. The molecular weight excluding hydrogens is 226 g/mol. The quantitative estimate of drug-likeness (QED) is 0.782. The SMILES string of the molecule is Cn1nccc1C(O)c1cc(Cl)ccc1N. The molecule has 0 aliphatic rings. The lowest BCUT2D eigenvalue weighted by Gasteiger charge is -2.14. The van der Waals surface area contributed by atoms with Gasteiger partial charge < -0.3 is 10.8 Å². The van der Waals surface area contributed by atoms with E-state index in [9.17, 15) is 5.11 Å². The van der Waals surface area contributed by atoms with Crippen molar-refractivity contribution in [3.8, 4) is 0 Å². The van der Waals surface area contributed by atoms with Crippen molar-refractivity contribution in [3.05, 3.63) is 46.7 Å². The number of halogens is 1. The molecule has 5 heteroatoms. The third-order valence-electron chi connectivity index (χ3n) is 2.48. The van der Waals surface area contributed by atoms with Gasteiger partial charge in [0.25, 0.3) is 0 Å². The van der Waals surface area contributed by atoms with Crippen LogP contribution in [-0.4, -0.2) is 14.9 Å². The summed E-state index contributed by atoms with van der Waals surface area (Å²) in [5.41, 5.74) is 7.58. The normalized spacial score (nSPS) is 12.7. The lowest BCUT2D eigenvalue weighted by Crippen LogP contribution is -2.08. The number of rotatable bonds is 2. The molecule has 2 aromatic rings. The standard InChI is InChI=1S/C11H12ClN3O/c1-15-10(4-5-14-15)11(16)8-6-7(12)2-3-9(8)13/h2-6,11,16H,13H2,1H3. The minimum atomic E-state index is -0.814. The largest absolute Gasteiger partial charge is 0.398 e. The van der Waals surface area contributed by atoms with Crippen LogP contribution in [0.15, 0.2) is 30.5 Å². The zero-order valence-electron chi connectivity index (χ0n) is 8.76. The Bertz CT molecular complexity index is 510. The van der Waals surface area contributed by atoms with Crippen LogP contribution >= 0.6 is 11.6 Å². The topological polar surface area (TPSA) is 64.1 Å². The van der Waals surface area contributed by atoms with Crippen LogP contribution < -0.4 is 5.73 Å².